The summed E-state index contributed by atoms with van der Waals surface area (Å²) in [5.74, 6) is -0.544. The number of aliphatic hydroxyl groups excluding tert-OH is 1. The number of aromatic amines is 1. The molecule has 0 saturated carbocycles. The van der Waals surface area contributed by atoms with E-state index in [4.69, 9.17) is 9.26 Å². The van der Waals surface area contributed by atoms with E-state index < -0.39 is 68.2 Å². The van der Waals surface area contributed by atoms with Crippen LogP contribution in [-0.4, -0.2) is 96.9 Å². The van der Waals surface area contributed by atoms with Crippen molar-refractivity contribution >= 4 is 25.9 Å². The number of hydrogen-bond acceptors (Lipinski definition) is 12. The highest BCUT2D eigenvalue weighted by Gasteiger charge is 2.41. The SMILES string of the molecule is C.C.C.COC(=O)NCCCCC(NC(=O)OC)C(=O)NCCc1cn([C@@H]2C[C@H](OP(=O)(O)OC)[C@H](CO)O2)c(=O)[nH]c1=O. The normalized spacial score (nSPS) is 19.1. The molecule has 6 N–H and O–H groups in total. The topological polar surface area (TPSA) is 246 Å². The molecule has 1 aliphatic heterocycles. The number of nitrogens with one attached hydrogen (secondary N) is 4. The van der Waals surface area contributed by atoms with Crippen molar-refractivity contribution in [3.05, 3.63) is 32.6 Å². The molecule has 0 spiro atoms. The molecule has 1 aromatic heterocycles. The maximum atomic E-state index is 12.7. The number of ether oxygens (including phenoxy) is 3. The van der Waals surface area contributed by atoms with Gasteiger partial charge in [-0.05, 0) is 25.7 Å². The summed E-state index contributed by atoms with van der Waals surface area (Å²) >= 11 is 0. The van der Waals surface area contributed by atoms with Crippen LogP contribution in [0.2, 0.25) is 0 Å². The van der Waals surface area contributed by atoms with Crippen molar-refractivity contribution in [1.82, 2.24) is 25.5 Å². The van der Waals surface area contributed by atoms with E-state index in [0.29, 0.717) is 19.4 Å². The minimum Gasteiger partial charge on any atom is -0.453 e. The van der Waals surface area contributed by atoms with Crippen molar-refractivity contribution in [2.75, 3.05) is 41.0 Å². The summed E-state index contributed by atoms with van der Waals surface area (Å²) in [7, 11) is -1.06. The van der Waals surface area contributed by atoms with E-state index in [9.17, 15) is 38.5 Å². The molecule has 0 bridgehead atoms. The van der Waals surface area contributed by atoms with Crippen LogP contribution < -0.4 is 27.2 Å². The summed E-state index contributed by atoms with van der Waals surface area (Å²) in [5.41, 5.74) is -1.42. The maximum absolute atomic E-state index is 12.7. The first-order valence-corrected chi connectivity index (χ1v) is 14.1. The summed E-state index contributed by atoms with van der Waals surface area (Å²) in [4.78, 5) is 72.2. The molecule has 2 heterocycles. The highest BCUT2D eigenvalue weighted by atomic mass is 31.2. The third kappa shape index (κ3) is 13.2. The second-order valence-corrected chi connectivity index (χ2v) is 10.3. The number of hydrogen-bond donors (Lipinski definition) is 6. The first-order chi connectivity index (χ1) is 19.4. The fourth-order valence-electron chi connectivity index (χ4n) is 3.93. The second kappa shape index (κ2) is 20.6. The van der Waals surface area contributed by atoms with Crippen molar-refractivity contribution in [1.29, 1.82) is 0 Å². The minimum atomic E-state index is -4.41. The van der Waals surface area contributed by atoms with Gasteiger partial charge < -0.3 is 40.2 Å². The molecule has 1 aliphatic rings. The Morgan fingerprint density at radius 3 is 2.34 bits per heavy atom. The van der Waals surface area contributed by atoms with E-state index in [2.05, 4.69) is 34.9 Å². The molecule has 1 fully saturated rings. The van der Waals surface area contributed by atoms with Crippen LogP contribution >= 0.6 is 7.82 Å². The number of H-pyrrole nitrogens is 1. The first kappa shape index (κ1) is 42.9. The van der Waals surface area contributed by atoms with E-state index in [-0.39, 0.29) is 53.7 Å². The fourth-order valence-corrected chi connectivity index (χ4v) is 4.58. The van der Waals surface area contributed by atoms with Gasteiger partial charge in [-0.2, -0.15) is 0 Å². The Labute approximate surface area is 256 Å². The van der Waals surface area contributed by atoms with Crippen LogP contribution in [0.3, 0.4) is 0 Å². The van der Waals surface area contributed by atoms with Gasteiger partial charge in [0.1, 0.15) is 24.5 Å². The van der Waals surface area contributed by atoms with E-state index in [1.165, 1.54) is 13.3 Å². The summed E-state index contributed by atoms with van der Waals surface area (Å²) in [6, 6.07) is -0.957. The van der Waals surface area contributed by atoms with Gasteiger partial charge in [0.05, 0.1) is 20.8 Å². The molecule has 2 rings (SSSR count). The summed E-state index contributed by atoms with van der Waals surface area (Å²) < 4.78 is 36.9. The van der Waals surface area contributed by atoms with Gasteiger partial charge in [0.15, 0.2) is 0 Å². The number of methoxy groups -OCH3 is 2. The minimum absolute atomic E-state index is 0. The van der Waals surface area contributed by atoms with Crippen molar-refractivity contribution in [2.24, 2.45) is 0 Å². The van der Waals surface area contributed by atoms with E-state index >= 15 is 0 Å². The van der Waals surface area contributed by atoms with E-state index in [1.54, 1.807) is 0 Å². The Bertz CT molecular complexity index is 1210. The maximum Gasteiger partial charge on any atom is 0.472 e. The summed E-state index contributed by atoms with van der Waals surface area (Å²) in [5, 5.41) is 17.1. The second-order valence-electron chi connectivity index (χ2n) is 8.81. The Kier molecular flexibility index (Phi) is 20.1. The van der Waals surface area contributed by atoms with Crippen LogP contribution in [0, 0.1) is 0 Å². The zero-order valence-electron chi connectivity index (χ0n) is 22.8. The molecule has 3 amide bonds. The molecule has 256 valence electrons. The predicted molar refractivity (Wildman–Crippen MR) is 159 cm³/mol. The third-order valence-electron chi connectivity index (χ3n) is 6.07. The number of aromatic nitrogens is 2. The van der Waals surface area contributed by atoms with Gasteiger partial charge in [0, 0.05) is 38.4 Å². The molecule has 44 heavy (non-hydrogen) atoms. The summed E-state index contributed by atoms with van der Waals surface area (Å²) in [6.45, 7) is -0.314. The van der Waals surface area contributed by atoms with Crippen LogP contribution in [0.25, 0.3) is 0 Å². The molecular weight excluding hydrogens is 609 g/mol. The number of aliphatic hydroxyl groups is 1. The number of alkyl carbamates (subject to hydrolysis) is 2. The van der Waals surface area contributed by atoms with Crippen molar-refractivity contribution in [3.63, 3.8) is 0 Å². The van der Waals surface area contributed by atoms with Gasteiger partial charge in [0.25, 0.3) is 5.56 Å². The quantitative estimate of drug-likeness (QED) is 0.113. The molecule has 1 aromatic rings. The molecule has 0 aliphatic carbocycles. The Hall–Kier alpha value is -3.28. The smallest absolute Gasteiger partial charge is 0.453 e. The van der Waals surface area contributed by atoms with Crippen LogP contribution in [0.5, 0.6) is 0 Å². The molecule has 5 atom stereocenters. The zero-order valence-corrected chi connectivity index (χ0v) is 23.7. The van der Waals surface area contributed by atoms with Crippen molar-refractivity contribution < 1.29 is 52.2 Å². The molecule has 18 nitrogen and oxygen atoms in total. The Balaban J connectivity index is 0. The average molecular weight is 658 g/mol. The molecule has 0 radical (unpaired) electrons. The number of unbranched alkanes of at least 4 members (excludes halogenated alkanes) is 1. The number of rotatable bonds is 15. The predicted octanol–water partition coefficient (Wildman–Crippen LogP) is 0.766. The average Bonchev–Trinajstić information content (AvgIpc) is 3.34. The Morgan fingerprint density at radius 2 is 1.75 bits per heavy atom. The molecule has 1 saturated heterocycles. The monoisotopic (exact) mass is 657 g/mol. The van der Waals surface area contributed by atoms with Crippen molar-refractivity contribution in [2.45, 2.75) is 78.9 Å². The van der Waals surface area contributed by atoms with E-state index in [0.717, 1.165) is 18.8 Å². The highest BCUT2D eigenvalue weighted by molar-refractivity contribution is 7.47. The molecule has 0 aromatic carbocycles. The molecule has 19 heteroatoms. The number of amides is 3. The number of phosphoric acid groups is 1. The van der Waals surface area contributed by atoms with Crippen LogP contribution in [0.4, 0.5) is 9.59 Å². The van der Waals surface area contributed by atoms with Gasteiger partial charge in [-0.1, -0.05) is 22.3 Å². The lowest BCUT2D eigenvalue weighted by Crippen LogP contribution is -2.47. The van der Waals surface area contributed by atoms with Gasteiger partial charge in [-0.3, -0.25) is 28.2 Å². The van der Waals surface area contributed by atoms with Gasteiger partial charge in [0.2, 0.25) is 5.91 Å². The first-order valence-electron chi connectivity index (χ1n) is 12.6. The van der Waals surface area contributed by atoms with Crippen molar-refractivity contribution in [3.8, 4) is 0 Å². The van der Waals surface area contributed by atoms with Gasteiger partial charge in [-0.15, -0.1) is 0 Å². The summed E-state index contributed by atoms with van der Waals surface area (Å²) in [6.07, 6.45) is -2.28. The van der Waals surface area contributed by atoms with E-state index in [1.807, 2.05) is 0 Å². The fraction of sp³-hybridized carbons (Fsp3) is 0.720. The number of nitrogens with zero attached hydrogens (tertiary/aromatic N) is 1. The lowest BCUT2D eigenvalue weighted by molar-refractivity contribution is -0.123. The van der Waals surface area contributed by atoms with Crippen LogP contribution in [-0.2, 0) is 39.0 Å². The lowest BCUT2D eigenvalue weighted by atomic mass is 10.1. The number of phosphoric ester groups is 1. The van der Waals surface area contributed by atoms with Gasteiger partial charge >= 0.3 is 25.7 Å². The Morgan fingerprint density at radius 1 is 1.09 bits per heavy atom. The van der Waals surface area contributed by atoms with Gasteiger partial charge in [-0.25, -0.2) is 18.9 Å². The van der Waals surface area contributed by atoms with Crippen LogP contribution in [0.1, 0.15) is 59.8 Å². The van der Waals surface area contributed by atoms with Crippen LogP contribution in [0.15, 0.2) is 15.8 Å². The largest absolute Gasteiger partial charge is 0.472 e. The zero-order chi connectivity index (χ0) is 30.6. The number of carbonyl (C=O) groups excluding carboxylic acids is 3. The standard InChI is InChI=1S/C22H36N5O13P.3CH4/c1-36-21(32)24-8-5-4-6-14(25-22(33)37-2)19(30)23-9-7-13-11-27(20(31)26-18(13)29)17-10-15(16(12-28)39-17)40-41(34,35)38-3;;;/h11,14-17,28H,4-10,12H2,1-3H3,(H,23,30)(H,24,32)(H,25,33)(H,34,35)(H,26,29,31);3*1H4/t14?,15-,16-,17-;;;/m0.../s1. The lowest BCUT2D eigenvalue weighted by Gasteiger charge is -2.18. The molecule has 2 unspecified atom stereocenters. The third-order valence-corrected chi connectivity index (χ3v) is 7.07. The molecular formula is C25H48N5O13P. The number of carbonyl (C=O) groups is 3. The highest BCUT2D eigenvalue weighted by Crippen LogP contribution is 2.47.